The average molecular weight is 506 g/mol. The number of aliphatic hydroxyl groups is 1. The maximum absolute atomic E-state index is 12.3. The summed E-state index contributed by atoms with van der Waals surface area (Å²) in [6.45, 7) is 2.32. The first kappa shape index (κ1) is 25.7. The molecule has 12 nitrogen and oxygen atoms in total. The first-order valence-electron chi connectivity index (χ1n) is 11.4. The molecule has 0 saturated carbocycles. The number of allylic oxidation sites excluding steroid dienone is 1. The first-order valence-corrected chi connectivity index (χ1v) is 11.4. The van der Waals surface area contributed by atoms with Crippen molar-refractivity contribution in [3.05, 3.63) is 71.5 Å². The lowest BCUT2D eigenvalue weighted by Crippen LogP contribution is -2.35. The number of ether oxygens (including phenoxy) is 3. The Morgan fingerprint density at radius 3 is 2.65 bits per heavy atom. The summed E-state index contributed by atoms with van der Waals surface area (Å²) in [4.78, 5) is 16.7. The fourth-order valence-corrected chi connectivity index (χ4v) is 3.63. The van der Waals surface area contributed by atoms with E-state index < -0.39 is 0 Å². The summed E-state index contributed by atoms with van der Waals surface area (Å²) in [5.74, 6) is 0.0529. The smallest absolute Gasteiger partial charge is 0.253 e. The second-order valence-electron chi connectivity index (χ2n) is 8.25. The third-order valence-corrected chi connectivity index (χ3v) is 5.31. The highest BCUT2D eigenvalue weighted by Crippen LogP contribution is 2.27. The Balaban J connectivity index is 1.58. The summed E-state index contributed by atoms with van der Waals surface area (Å²) in [5.41, 5.74) is 1.37. The highest BCUT2D eigenvalue weighted by Gasteiger charge is 2.18. The van der Waals surface area contributed by atoms with Crippen LogP contribution in [0.3, 0.4) is 0 Å². The number of nitrogens with one attached hydrogen (secondary N) is 2. The molecule has 0 aliphatic carbocycles. The lowest BCUT2D eigenvalue weighted by atomic mass is 10.2. The zero-order valence-electron chi connectivity index (χ0n) is 20.6. The number of nitrogens with zero attached hydrogens (tertiary/aromatic N) is 5. The van der Waals surface area contributed by atoms with Crippen molar-refractivity contribution in [3.8, 4) is 5.88 Å². The van der Waals surface area contributed by atoms with Gasteiger partial charge in [-0.1, -0.05) is 18.2 Å². The van der Waals surface area contributed by atoms with Gasteiger partial charge in [-0.3, -0.25) is 15.2 Å². The van der Waals surface area contributed by atoms with E-state index >= 15 is 0 Å². The Bertz CT molecular complexity index is 1450. The van der Waals surface area contributed by atoms with E-state index in [4.69, 9.17) is 19.6 Å². The summed E-state index contributed by atoms with van der Waals surface area (Å²) in [6, 6.07) is 10.7. The SMILES string of the molecule is COC/C(O)=C/C(=N)c1nnc2c3ccccc3c(OCc3ccc(C(=O)N[C@@H](C)COC)cn3)nn12. The van der Waals surface area contributed by atoms with Gasteiger partial charge < -0.3 is 24.6 Å². The predicted octanol–water partition coefficient (Wildman–Crippen LogP) is 2.47. The number of hydrogen-bond acceptors (Lipinski definition) is 10. The van der Waals surface area contributed by atoms with Crippen LogP contribution in [0.2, 0.25) is 0 Å². The molecule has 0 radical (unpaired) electrons. The highest BCUT2D eigenvalue weighted by atomic mass is 16.5. The molecule has 1 aromatic carbocycles. The number of benzene rings is 1. The molecule has 3 aromatic heterocycles. The maximum Gasteiger partial charge on any atom is 0.253 e. The topological polar surface area (TPSA) is 157 Å². The molecule has 1 atom stereocenters. The van der Waals surface area contributed by atoms with Crippen LogP contribution < -0.4 is 10.1 Å². The third-order valence-electron chi connectivity index (χ3n) is 5.31. The van der Waals surface area contributed by atoms with Crippen molar-refractivity contribution in [3.63, 3.8) is 0 Å². The maximum atomic E-state index is 12.3. The number of hydrogen-bond donors (Lipinski definition) is 3. The summed E-state index contributed by atoms with van der Waals surface area (Å²) >= 11 is 0. The number of pyridine rings is 1. The molecule has 0 spiro atoms. The molecule has 0 aliphatic heterocycles. The van der Waals surface area contributed by atoms with Crippen LogP contribution in [0.25, 0.3) is 16.4 Å². The van der Waals surface area contributed by atoms with Gasteiger partial charge in [-0.15, -0.1) is 15.3 Å². The van der Waals surface area contributed by atoms with Gasteiger partial charge in [-0.2, -0.15) is 4.52 Å². The monoisotopic (exact) mass is 505 g/mol. The molecule has 1 amide bonds. The average Bonchev–Trinajstić information content (AvgIpc) is 3.32. The molecule has 4 aromatic rings. The molecule has 0 aliphatic rings. The minimum atomic E-state index is -0.240. The lowest BCUT2D eigenvalue weighted by Gasteiger charge is -2.13. The Morgan fingerprint density at radius 2 is 1.95 bits per heavy atom. The third kappa shape index (κ3) is 5.88. The van der Waals surface area contributed by atoms with Gasteiger partial charge in [0.2, 0.25) is 11.7 Å². The van der Waals surface area contributed by atoms with Crippen molar-refractivity contribution in [2.45, 2.75) is 19.6 Å². The number of carbonyl (C=O) groups is 1. The van der Waals surface area contributed by atoms with Gasteiger partial charge >= 0.3 is 0 Å². The second kappa shape index (κ2) is 11.5. The Morgan fingerprint density at radius 1 is 1.16 bits per heavy atom. The lowest BCUT2D eigenvalue weighted by molar-refractivity contribution is 0.0905. The van der Waals surface area contributed by atoms with Crippen molar-refractivity contribution < 1.29 is 24.1 Å². The minimum absolute atomic E-state index is 0.0382. The molecule has 0 unspecified atom stereocenters. The Kier molecular flexibility index (Phi) is 8.01. The standard InChI is InChI=1S/C25H27N7O5/c1-15(12-35-2)28-24(34)16-8-9-17(27-11-16)13-37-25-20-7-5-4-6-19(20)22-29-30-23(32(22)31-25)21(26)10-18(33)14-36-3/h4-11,15,26,33H,12-14H2,1-3H3,(H,28,34)/b18-10-,26-21?/t15-/m0/s1. The first-order chi connectivity index (χ1) is 17.9. The van der Waals surface area contributed by atoms with Crippen LogP contribution in [0.1, 0.15) is 28.8 Å². The highest BCUT2D eigenvalue weighted by molar-refractivity contribution is 6.05. The number of rotatable bonds is 11. The fourth-order valence-electron chi connectivity index (χ4n) is 3.63. The van der Waals surface area contributed by atoms with E-state index in [1.807, 2.05) is 31.2 Å². The van der Waals surface area contributed by atoms with Crippen LogP contribution in [0.5, 0.6) is 5.88 Å². The molecular weight excluding hydrogens is 478 g/mol. The quantitative estimate of drug-likeness (QED) is 0.206. The zero-order valence-corrected chi connectivity index (χ0v) is 20.6. The van der Waals surface area contributed by atoms with Crippen LogP contribution in [0, 0.1) is 5.41 Å². The van der Waals surface area contributed by atoms with Gasteiger partial charge in [0.05, 0.1) is 17.9 Å². The molecule has 4 rings (SSSR count). The van der Waals surface area contributed by atoms with Crippen molar-refractivity contribution in [1.82, 2.24) is 30.1 Å². The van der Waals surface area contributed by atoms with Gasteiger partial charge in [0.25, 0.3) is 5.91 Å². The minimum Gasteiger partial charge on any atom is -0.510 e. The summed E-state index contributed by atoms with van der Waals surface area (Å²) in [7, 11) is 3.02. The normalized spacial score (nSPS) is 12.6. The predicted molar refractivity (Wildman–Crippen MR) is 135 cm³/mol. The van der Waals surface area contributed by atoms with E-state index in [1.165, 1.54) is 23.9 Å². The van der Waals surface area contributed by atoms with Crippen LogP contribution in [0.15, 0.2) is 54.4 Å². The number of carbonyl (C=O) groups excluding carboxylic acids is 1. The van der Waals surface area contributed by atoms with Gasteiger partial charge in [0, 0.05) is 43.3 Å². The number of aromatic nitrogens is 5. The zero-order chi connectivity index (χ0) is 26.4. The Labute approximate surface area is 212 Å². The molecule has 3 N–H and O–H groups in total. The second-order valence-corrected chi connectivity index (χ2v) is 8.25. The number of fused-ring (bicyclic) bond motifs is 3. The van der Waals surface area contributed by atoms with Crippen molar-refractivity contribution in [1.29, 1.82) is 5.41 Å². The van der Waals surface area contributed by atoms with Crippen LogP contribution in [-0.2, 0) is 16.1 Å². The van der Waals surface area contributed by atoms with Crippen LogP contribution >= 0.6 is 0 Å². The van der Waals surface area contributed by atoms with E-state index in [-0.39, 0.29) is 42.5 Å². The largest absolute Gasteiger partial charge is 0.510 e. The van der Waals surface area contributed by atoms with Gasteiger partial charge in [0.1, 0.15) is 24.7 Å². The van der Waals surface area contributed by atoms with E-state index in [1.54, 1.807) is 19.2 Å². The van der Waals surface area contributed by atoms with E-state index in [9.17, 15) is 9.90 Å². The summed E-state index contributed by atoms with van der Waals surface area (Å²) in [6.07, 6.45) is 2.72. The molecule has 3 heterocycles. The van der Waals surface area contributed by atoms with Crippen molar-refractivity contribution >= 4 is 28.0 Å². The van der Waals surface area contributed by atoms with Gasteiger partial charge in [-0.25, -0.2) is 0 Å². The number of methoxy groups -OCH3 is 2. The molecule has 0 fully saturated rings. The van der Waals surface area contributed by atoms with E-state index in [0.717, 1.165) is 5.39 Å². The molecular formula is C25H27N7O5. The molecule has 192 valence electrons. The molecule has 0 saturated heterocycles. The molecule has 12 heteroatoms. The Hall–Kier alpha value is -4.42. The van der Waals surface area contributed by atoms with Crippen LogP contribution in [0.4, 0.5) is 0 Å². The van der Waals surface area contributed by atoms with Crippen molar-refractivity contribution in [2.24, 2.45) is 0 Å². The summed E-state index contributed by atoms with van der Waals surface area (Å²) < 4.78 is 17.3. The summed E-state index contributed by atoms with van der Waals surface area (Å²) in [5, 5.41) is 35.3. The van der Waals surface area contributed by atoms with Gasteiger partial charge in [-0.05, 0) is 25.1 Å². The van der Waals surface area contributed by atoms with Gasteiger partial charge in [0.15, 0.2) is 5.65 Å². The van der Waals surface area contributed by atoms with E-state index in [0.29, 0.717) is 34.8 Å². The molecule has 37 heavy (non-hydrogen) atoms. The van der Waals surface area contributed by atoms with Crippen molar-refractivity contribution in [2.75, 3.05) is 27.4 Å². The molecule has 0 bridgehead atoms. The van der Waals surface area contributed by atoms with E-state index in [2.05, 4.69) is 25.6 Å². The van der Waals surface area contributed by atoms with Crippen LogP contribution in [-0.4, -0.2) is 75.0 Å². The number of amides is 1. The fraction of sp³-hybridized carbons (Fsp3) is 0.280. The number of aliphatic hydroxyl groups excluding tert-OH is 1.